The molecule has 0 radical (unpaired) electrons. The van der Waals surface area contributed by atoms with Gasteiger partial charge >= 0.3 is 0 Å². The third-order valence-electron chi connectivity index (χ3n) is 4.45. The van der Waals surface area contributed by atoms with Crippen LogP contribution in [-0.4, -0.2) is 53.9 Å². The molecule has 0 spiro atoms. The standard InChI is InChI=1S/C20H20F2N2O3/c1-14(27-16-5-3-2-4-6-16)19(25)23-9-11-24(12-10-23)20(26)15-7-8-17(21)18(22)13-15/h2-8,13-14H,9-12H2,1H3. The van der Waals surface area contributed by atoms with Crippen molar-refractivity contribution in [1.82, 2.24) is 9.80 Å². The lowest BCUT2D eigenvalue weighted by Gasteiger charge is -2.36. The SMILES string of the molecule is CC(Oc1ccccc1)C(=O)N1CCN(C(=O)c2ccc(F)c(F)c2)CC1. The molecule has 1 heterocycles. The fourth-order valence-electron chi connectivity index (χ4n) is 2.95. The van der Waals surface area contributed by atoms with E-state index >= 15 is 0 Å². The number of rotatable bonds is 4. The zero-order valence-corrected chi connectivity index (χ0v) is 14.9. The zero-order valence-electron chi connectivity index (χ0n) is 14.9. The Kier molecular flexibility index (Phi) is 5.69. The van der Waals surface area contributed by atoms with Crippen molar-refractivity contribution in [3.63, 3.8) is 0 Å². The fourth-order valence-corrected chi connectivity index (χ4v) is 2.95. The van der Waals surface area contributed by atoms with E-state index in [1.54, 1.807) is 24.0 Å². The van der Waals surface area contributed by atoms with Crippen LogP contribution in [0.2, 0.25) is 0 Å². The van der Waals surface area contributed by atoms with E-state index in [2.05, 4.69) is 0 Å². The summed E-state index contributed by atoms with van der Waals surface area (Å²) in [4.78, 5) is 28.1. The molecule has 2 aromatic rings. The number of piperazine rings is 1. The van der Waals surface area contributed by atoms with E-state index in [9.17, 15) is 18.4 Å². The molecule has 1 fully saturated rings. The summed E-state index contributed by atoms with van der Waals surface area (Å²) in [5.41, 5.74) is 0.0921. The van der Waals surface area contributed by atoms with Crippen LogP contribution < -0.4 is 4.74 Å². The Morgan fingerprint density at radius 1 is 0.926 bits per heavy atom. The van der Waals surface area contributed by atoms with E-state index in [1.807, 2.05) is 18.2 Å². The number of hydrogen-bond donors (Lipinski definition) is 0. The molecule has 142 valence electrons. The van der Waals surface area contributed by atoms with Crippen molar-refractivity contribution < 1.29 is 23.1 Å². The second-order valence-corrected chi connectivity index (χ2v) is 6.32. The quantitative estimate of drug-likeness (QED) is 0.827. The normalized spacial score (nSPS) is 15.4. The molecule has 0 saturated carbocycles. The average Bonchev–Trinajstić information content (AvgIpc) is 2.70. The Bertz CT molecular complexity index is 821. The van der Waals surface area contributed by atoms with Crippen molar-refractivity contribution in [2.45, 2.75) is 13.0 Å². The highest BCUT2D eigenvalue weighted by atomic mass is 19.2. The summed E-state index contributed by atoms with van der Waals surface area (Å²) in [6.45, 7) is 3.05. The van der Waals surface area contributed by atoms with Crippen LogP contribution in [0, 0.1) is 11.6 Å². The van der Waals surface area contributed by atoms with Crippen LogP contribution in [0.5, 0.6) is 5.75 Å². The van der Waals surface area contributed by atoms with E-state index < -0.39 is 17.7 Å². The fraction of sp³-hybridized carbons (Fsp3) is 0.300. The topological polar surface area (TPSA) is 49.9 Å². The van der Waals surface area contributed by atoms with Gasteiger partial charge in [0.2, 0.25) is 0 Å². The molecule has 27 heavy (non-hydrogen) atoms. The summed E-state index contributed by atoms with van der Waals surface area (Å²) in [5, 5.41) is 0. The van der Waals surface area contributed by atoms with Crippen LogP contribution in [0.4, 0.5) is 8.78 Å². The van der Waals surface area contributed by atoms with E-state index in [1.165, 1.54) is 11.0 Å². The van der Waals surface area contributed by atoms with Crippen molar-refractivity contribution in [2.24, 2.45) is 0 Å². The number of carbonyl (C=O) groups excluding carboxylic acids is 2. The van der Waals surface area contributed by atoms with Gasteiger partial charge in [-0.05, 0) is 37.3 Å². The van der Waals surface area contributed by atoms with Gasteiger partial charge in [0.05, 0.1) is 0 Å². The molecule has 0 N–H and O–H groups in total. The molecule has 0 bridgehead atoms. The van der Waals surface area contributed by atoms with Crippen LogP contribution in [0.1, 0.15) is 17.3 Å². The van der Waals surface area contributed by atoms with Gasteiger partial charge in [0.1, 0.15) is 5.75 Å². The van der Waals surface area contributed by atoms with E-state index in [4.69, 9.17) is 4.74 Å². The maximum Gasteiger partial charge on any atom is 0.263 e. The van der Waals surface area contributed by atoms with Crippen molar-refractivity contribution in [2.75, 3.05) is 26.2 Å². The molecule has 3 rings (SSSR count). The number of nitrogens with zero attached hydrogens (tertiary/aromatic N) is 2. The van der Waals surface area contributed by atoms with Crippen molar-refractivity contribution in [3.05, 3.63) is 65.7 Å². The van der Waals surface area contributed by atoms with Gasteiger partial charge < -0.3 is 14.5 Å². The highest BCUT2D eigenvalue weighted by Gasteiger charge is 2.28. The number of benzene rings is 2. The first-order chi connectivity index (χ1) is 13.0. The average molecular weight is 374 g/mol. The smallest absolute Gasteiger partial charge is 0.263 e. The maximum atomic E-state index is 13.3. The summed E-state index contributed by atoms with van der Waals surface area (Å²) in [5.74, 6) is -1.96. The predicted octanol–water partition coefficient (Wildman–Crippen LogP) is 2.72. The lowest BCUT2D eigenvalue weighted by atomic mass is 10.1. The molecular formula is C20H20F2N2O3. The summed E-state index contributed by atoms with van der Waals surface area (Å²) in [6, 6.07) is 12.2. The van der Waals surface area contributed by atoms with Crippen LogP contribution >= 0.6 is 0 Å². The van der Waals surface area contributed by atoms with E-state index in [-0.39, 0.29) is 17.4 Å². The first kappa shape index (κ1) is 18.8. The molecule has 2 aromatic carbocycles. The second kappa shape index (κ2) is 8.16. The molecule has 1 saturated heterocycles. The monoisotopic (exact) mass is 374 g/mol. The third-order valence-corrected chi connectivity index (χ3v) is 4.45. The number of para-hydroxylation sites is 1. The van der Waals surface area contributed by atoms with Gasteiger partial charge in [0, 0.05) is 31.7 Å². The molecule has 5 nitrogen and oxygen atoms in total. The van der Waals surface area contributed by atoms with Crippen molar-refractivity contribution in [3.8, 4) is 5.75 Å². The van der Waals surface area contributed by atoms with Crippen LogP contribution in [0.3, 0.4) is 0 Å². The lowest BCUT2D eigenvalue weighted by molar-refractivity contribution is -0.139. The Morgan fingerprint density at radius 2 is 1.56 bits per heavy atom. The molecule has 1 aliphatic heterocycles. The van der Waals surface area contributed by atoms with Gasteiger partial charge in [-0.15, -0.1) is 0 Å². The molecule has 2 amide bonds. The minimum absolute atomic E-state index is 0.0921. The molecule has 0 aliphatic carbocycles. The summed E-state index contributed by atoms with van der Waals surface area (Å²) >= 11 is 0. The molecule has 0 aromatic heterocycles. The second-order valence-electron chi connectivity index (χ2n) is 6.32. The van der Waals surface area contributed by atoms with Gasteiger partial charge in [-0.1, -0.05) is 18.2 Å². The first-order valence-electron chi connectivity index (χ1n) is 8.70. The summed E-state index contributed by atoms with van der Waals surface area (Å²) in [7, 11) is 0. The number of ether oxygens (including phenoxy) is 1. The van der Waals surface area contributed by atoms with Gasteiger partial charge in [-0.2, -0.15) is 0 Å². The van der Waals surface area contributed by atoms with Gasteiger partial charge in [0.25, 0.3) is 11.8 Å². The maximum absolute atomic E-state index is 13.3. The van der Waals surface area contributed by atoms with Gasteiger partial charge in [-0.3, -0.25) is 9.59 Å². The highest BCUT2D eigenvalue weighted by molar-refractivity contribution is 5.94. The van der Waals surface area contributed by atoms with Crippen molar-refractivity contribution in [1.29, 1.82) is 0 Å². The predicted molar refractivity (Wildman–Crippen MR) is 95.4 cm³/mol. The van der Waals surface area contributed by atoms with Crippen LogP contribution in [0.15, 0.2) is 48.5 Å². The minimum Gasteiger partial charge on any atom is -0.481 e. The lowest BCUT2D eigenvalue weighted by Crippen LogP contribution is -2.53. The van der Waals surface area contributed by atoms with E-state index in [0.29, 0.717) is 31.9 Å². The molecular weight excluding hydrogens is 354 g/mol. The molecule has 1 aliphatic rings. The Labute approximate surface area is 156 Å². The van der Waals surface area contributed by atoms with E-state index in [0.717, 1.165) is 12.1 Å². The highest BCUT2D eigenvalue weighted by Crippen LogP contribution is 2.15. The first-order valence-corrected chi connectivity index (χ1v) is 8.70. The van der Waals surface area contributed by atoms with Gasteiger partial charge in [-0.25, -0.2) is 8.78 Å². The number of amides is 2. The minimum atomic E-state index is -1.05. The van der Waals surface area contributed by atoms with Crippen LogP contribution in [0.25, 0.3) is 0 Å². The Balaban J connectivity index is 1.55. The summed E-state index contributed by atoms with van der Waals surface area (Å²) in [6.07, 6.45) is -0.638. The molecule has 1 atom stereocenters. The number of hydrogen-bond acceptors (Lipinski definition) is 3. The summed E-state index contributed by atoms with van der Waals surface area (Å²) < 4.78 is 32.0. The largest absolute Gasteiger partial charge is 0.481 e. The molecule has 7 heteroatoms. The third kappa shape index (κ3) is 4.42. The van der Waals surface area contributed by atoms with Crippen molar-refractivity contribution >= 4 is 11.8 Å². The number of halogens is 2. The Hall–Kier alpha value is -2.96. The zero-order chi connectivity index (χ0) is 19.4. The van der Waals surface area contributed by atoms with Crippen LogP contribution in [-0.2, 0) is 4.79 Å². The molecule has 1 unspecified atom stereocenters. The van der Waals surface area contributed by atoms with Gasteiger partial charge in [0.15, 0.2) is 17.7 Å². The number of carbonyl (C=O) groups is 2. The Morgan fingerprint density at radius 3 is 2.19 bits per heavy atom.